The Hall–Kier alpha value is -4.13. The molecule has 31 heavy (non-hydrogen) atoms. The number of hydrogen-bond donors (Lipinski definition) is 2. The number of carbonyl (C=O) groups is 1. The molecule has 1 amide bonds. The van der Waals surface area contributed by atoms with E-state index >= 15 is 0 Å². The first-order valence-electron chi connectivity index (χ1n) is 10.0. The zero-order chi connectivity index (χ0) is 21.5. The van der Waals surface area contributed by atoms with Gasteiger partial charge in [-0.3, -0.25) is 4.79 Å². The van der Waals surface area contributed by atoms with Crippen molar-refractivity contribution < 1.29 is 9.53 Å². The largest absolute Gasteiger partial charge is 0.457 e. The van der Waals surface area contributed by atoms with Gasteiger partial charge in [0.05, 0.1) is 0 Å². The van der Waals surface area contributed by atoms with Gasteiger partial charge in [-0.15, -0.1) is 0 Å². The van der Waals surface area contributed by atoms with Gasteiger partial charge in [0.2, 0.25) is 0 Å². The molecule has 7 heteroatoms. The number of aromatic nitrogens is 3. The van der Waals surface area contributed by atoms with Crippen LogP contribution in [0.25, 0.3) is 5.82 Å². The lowest BCUT2D eigenvalue weighted by Gasteiger charge is -2.10. The maximum Gasteiger partial charge on any atom is 0.251 e. The van der Waals surface area contributed by atoms with Gasteiger partial charge in [-0.2, -0.15) is 0 Å². The zero-order valence-corrected chi connectivity index (χ0v) is 17.2. The third kappa shape index (κ3) is 5.48. The van der Waals surface area contributed by atoms with Crippen molar-refractivity contribution in [2.45, 2.75) is 6.92 Å². The van der Waals surface area contributed by atoms with E-state index in [1.807, 2.05) is 72.4 Å². The van der Waals surface area contributed by atoms with Gasteiger partial charge in [-0.1, -0.05) is 18.2 Å². The molecule has 2 aromatic carbocycles. The van der Waals surface area contributed by atoms with Crippen LogP contribution in [0.5, 0.6) is 11.5 Å². The number of nitrogens with one attached hydrogen (secondary N) is 2. The van der Waals surface area contributed by atoms with Gasteiger partial charge in [0, 0.05) is 37.1 Å². The molecule has 0 unspecified atom stereocenters. The molecule has 4 rings (SSSR count). The van der Waals surface area contributed by atoms with Gasteiger partial charge in [-0.05, 0) is 55.5 Å². The number of hydrogen-bond acceptors (Lipinski definition) is 5. The van der Waals surface area contributed by atoms with Crippen molar-refractivity contribution >= 4 is 11.7 Å². The quantitative estimate of drug-likeness (QED) is 0.423. The molecule has 0 saturated heterocycles. The number of amides is 1. The first-order chi connectivity index (χ1) is 15.2. The predicted molar refractivity (Wildman–Crippen MR) is 120 cm³/mol. The number of rotatable bonds is 8. The minimum atomic E-state index is -0.139. The summed E-state index contributed by atoms with van der Waals surface area (Å²) >= 11 is 0. The lowest BCUT2D eigenvalue weighted by atomic mass is 10.2. The fraction of sp³-hybridized carbons (Fsp3) is 0.125. The smallest absolute Gasteiger partial charge is 0.251 e. The highest BCUT2D eigenvalue weighted by Crippen LogP contribution is 2.21. The molecule has 0 radical (unpaired) electrons. The molecule has 0 spiro atoms. The van der Waals surface area contributed by atoms with Gasteiger partial charge in [0.15, 0.2) is 0 Å². The molecule has 2 N–H and O–H groups in total. The molecule has 0 aliphatic heterocycles. The van der Waals surface area contributed by atoms with Crippen molar-refractivity contribution in [3.63, 3.8) is 0 Å². The molecule has 156 valence electrons. The maximum absolute atomic E-state index is 12.4. The fourth-order valence-corrected chi connectivity index (χ4v) is 3.03. The predicted octanol–water partition coefficient (Wildman–Crippen LogP) is 4.21. The van der Waals surface area contributed by atoms with Crippen molar-refractivity contribution in [1.29, 1.82) is 0 Å². The summed E-state index contributed by atoms with van der Waals surface area (Å²) in [6.45, 7) is 2.86. The second-order valence-electron chi connectivity index (χ2n) is 6.87. The normalized spacial score (nSPS) is 10.5. The topological polar surface area (TPSA) is 81.1 Å². The molecular formula is C24H23N5O2. The van der Waals surface area contributed by atoms with E-state index in [0.717, 1.165) is 11.6 Å². The summed E-state index contributed by atoms with van der Waals surface area (Å²) in [6.07, 6.45) is 3.86. The highest BCUT2D eigenvalue weighted by Gasteiger charge is 2.07. The Bertz CT molecular complexity index is 1130. The molecule has 0 fully saturated rings. The third-order valence-electron chi connectivity index (χ3n) is 4.51. The van der Waals surface area contributed by atoms with E-state index in [9.17, 15) is 4.79 Å². The van der Waals surface area contributed by atoms with Crippen LogP contribution in [0.15, 0.2) is 85.2 Å². The second-order valence-corrected chi connectivity index (χ2v) is 6.87. The number of ether oxygens (including phenoxy) is 1. The van der Waals surface area contributed by atoms with Gasteiger partial charge >= 0.3 is 0 Å². The summed E-state index contributed by atoms with van der Waals surface area (Å²) < 4.78 is 7.67. The first-order valence-corrected chi connectivity index (χ1v) is 10.0. The summed E-state index contributed by atoms with van der Waals surface area (Å²) in [7, 11) is 0. The van der Waals surface area contributed by atoms with Crippen LogP contribution in [0.3, 0.4) is 0 Å². The van der Waals surface area contributed by atoms with Crippen LogP contribution in [0.4, 0.5) is 5.82 Å². The number of carbonyl (C=O) groups excluding carboxylic acids is 1. The number of anilines is 1. The summed E-state index contributed by atoms with van der Waals surface area (Å²) in [6, 6.07) is 22.4. The van der Waals surface area contributed by atoms with Gasteiger partial charge in [0.25, 0.3) is 5.91 Å². The maximum atomic E-state index is 12.4. The Morgan fingerprint density at radius 3 is 2.35 bits per heavy atom. The van der Waals surface area contributed by atoms with Crippen molar-refractivity contribution in [3.05, 3.63) is 96.6 Å². The van der Waals surface area contributed by atoms with Crippen molar-refractivity contribution in [2.75, 3.05) is 18.4 Å². The molecule has 0 aliphatic carbocycles. The minimum Gasteiger partial charge on any atom is -0.457 e. The lowest BCUT2D eigenvalue weighted by Crippen LogP contribution is -2.28. The van der Waals surface area contributed by atoms with Crippen LogP contribution in [-0.4, -0.2) is 33.5 Å². The SMILES string of the molecule is Cc1nc(NCCNC(=O)c2ccc(Oc3ccccc3)cc2)cc(-n2cccc2)n1. The van der Waals surface area contributed by atoms with E-state index in [0.29, 0.717) is 36.0 Å². The molecule has 0 bridgehead atoms. The highest BCUT2D eigenvalue weighted by atomic mass is 16.5. The van der Waals surface area contributed by atoms with E-state index < -0.39 is 0 Å². The molecule has 0 atom stereocenters. The van der Waals surface area contributed by atoms with Crippen LogP contribution in [0, 0.1) is 6.92 Å². The van der Waals surface area contributed by atoms with E-state index in [4.69, 9.17) is 4.74 Å². The Morgan fingerprint density at radius 2 is 1.61 bits per heavy atom. The number of nitrogens with zero attached hydrogens (tertiary/aromatic N) is 3. The third-order valence-corrected chi connectivity index (χ3v) is 4.51. The van der Waals surface area contributed by atoms with Crippen molar-refractivity contribution in [3.8, 4) is 17.3 Å². The van der Waals surface area contributed by atoms with Crippen molar-refractivity contribution in [2.24, 2.45) is 0 Å². The molecule has 4 aromatic rings. The summed E-state index contributed by atoms with van der Waals surface area (Å²) in [5.74, 6) is 3.48. The monoisotopic (exact) mass is 413 g/mol. The van der Waals surface area contributed by atoms with Gasteiger partial charge < -0.3 is 19.9 Å². The number of aryl methyl sites for hydroxylation is 1. The molecule has 2 heterocycles. The molecular weight excluding hydrogens is 390 g/mol. The Labute approximate surface area is 180 Å². The average Bonchev–Trinajstić information content (AvgIpc) is 3.33. The number of para-hydroxylation sites is 1. The average molecular weight is 413 g/mol. The van der Waals surface area contributed by atoms with E-state index in [1.54, 1.807) is 24.3 Å². The first kappa shape index (κ1) is 20.2. The second kappa shape index (κ2) is 9.58. The Morgan fingerprint density at radius 1 is 0.903 bits per heavy atom. The minimum absolute atomic E-state index is 0.139. The van der Waals surface area contributed by atoms with Crippen LogP contribution in [0.1, 0.15) is 16.2 Å². The van der Waals surface area contributed by atoms with Crippen LogP contribution >= 0.6 is 0 Å². The molecule has 2 aromatic heterocycles. The Balaban J connectivity index is 1.27. The van der Waals surface area contributed by atoms with Crippen molar-refractivity contribution in [1.82, 2.24) is 19.9 Å². The summed E-state index contributed by atoms with van der Waals surface area (Å²) in [5.41, 5.74) is 0.577. The molecule has 7 nitrogen and oxygen atoms in total. The van der Waals surface area contributed by atoms with Crippen LogP contribution in [-0.2, 0) is 0 Å². The van der Waals surface area contributed by atoms with Gasteiger partial charge in [0.1, 0.15) is 29.0 Å². The van der Waals surface area contributed by atoms with Crippen LogP contribution < -0.4 is 15.4 Å². The summed E-state index contributed by atoms with van der Waals surface area (Å²) in [5, 5.41) is 6.14. The summed E-state index contributed by atoms with van der Waals surface area (Å²) in [4.78, 5) is 21.2. The van der Waals surface area contributed by atoms with Gasteiger partial charge in [-0.25, -0.2) is 9.97 Å². The van der Waals surface area contributed by atoms with Crippen LogP contribution in [0.2, 0.25) is 0 Å². The standard InChI is InChI=1S/C24H23N5O2/c1-18-27-22(17-23(28-18)29-15-5-6-16-29)25-13-14-26-24(30)19-9-11-21(12-10-19)31-20-7-3-2-4-8-20/h2-12,15-17H,13-14H2,1H3,(H,26,30)(H,25,27,28). The fourth-order valence-electron chi connectivity index (χ4n) is 3.03. The number of benzene rings is 2. The van der Waals surface area contributed by atoms with E-state index in [2.05, 4.69) is 20.6 Å². The Kier molecular flexibility index (Phi) is 6.23. The van der Waals surface area contributed by atoms with E-state index in [-0.39, 0.29) is 5.91 Å². The zero-order valence-electron chi connectivity index (χ0n) is 17.2. The lowest BCUT2D eigenvalue weighted by molar-refractivity contribution is 0.0955. The highest BCUT2D eigenvalue weighted by molar-refractivity contribution is 5.94. The molecule has 0 saturated carbocycles. The molecule has 0 aliphatic rings. The van der Waals surface area contributed by atoms with E-state index in [1.165, 1.54) is 0 Å².